The molecule has 0 saturated carbocycles. The van der Waals surface area contributed by atoms with Gasteiger partial charge in [-0.3, -0.25) is 9.32 Å². The normalized spacial score (nSPS) is 20.1. The zero-order chi connectivity index (χ0) is 28.3. The first kappa shape index (κ1) is 37.1. The van der Waals surface area contributed by atoms with Gasteiger partial charge in [0, 0.05) is 38.0 Å². The molecule has 0 spiro atoms. The van der Waals surface area contributed by atoms with Crippen LogP contribution in [0.1, 0.15) is 162 Å². The Morgan fingerprint density at radius 1 is 0.795 bits per heavy atom. The minimum atomic E-state index is -2.71. The predicted molar refractivity (Wildman–Crippen MR) is 171 cm³/mol. The van der Waals surface area contributed by atoms with Gasteiger partial charge in [-0.05, 0) is 38.5 Å². The van der Waals surface area contributed by atoms with Gasteiger partial charge < -0.3 is 8.85 Å². The van der Waals surface area contributed by atoms with Crippen LogP contribution in [0.5, 0.6) is 0 Å². The molecule has 0 bridgehead atoms. The first-order valence-corrected chi connectivity index (χ1v) is 19.9. The fourth-order valence-electron chi connectivity index (χ4n) is 5.39. The van der Waals surface area contributed by atoms with Gasteiger partial charge in [0.25, 0.3) is 0 Å². The van der Waals surface area contributed by atoms with Gasteiger partial charge in [-0.1, -0.05) is 135 Å². The maximum absolute atomic E-state index is 12.2. The molecule has 1 heterocycles. The number of thioether (sulfide) groups is 1. The zero-order valence-corrected chi connectivity index (χ0v) is 28.0. The summed E-state index contributed by atoms with van der Waals surface area (Å²) in [6.07, 6.45) is 28.1. The van der Waals surface area contributed by atoms with Gasteiger partial charge in [-0.15, -0.1) is 0 Å². The number of unbranched alkanes of at least 4 members (excludes halogenated alkanes) is 16. The summed E-state index contributed by atoms with van der Waals surface area (Å²) in [5.74, 6) is 1.43. The van der Waals surface area contributed by atoms with Crippen molar-refractivity contribution in [1.29, 1.82) is 0 Å². The van der Waals surface area contributed by atoms with Crippen LogP contribution in [0.15, 0.2) is 0 Å². The van der Waals surface area contributed by atoms with Gasteiger partial charge in [0.05, 0.1) is 0 Å². The highest BCUT2D eigenvalue weighted by Gasteiger charge is 2.42. The fraction of sp³-hybridized carbons (Fsp3) is 0.969. The van der Waals surface area contributed by atoms with Crippen molar-refractivity contribution in [3.63, 3.8) is 0 Å². The third-order valence-corrected chi connectivity index (χ3v) is 11.7. The van der Waals surface area contributed by atoms with E-state index in [1.807, 2.05) is 6.92 Å². The number of hydroxylamine groups is 1. The van der Waals surface area contributed by atoms with E-state index in [4.69, 9.17) is 13.4 Å². The molecule has 0 aromatic rings. The Morgan fingerprint density at radius 2 is 1.36 bits per heavy atom. The number of hydrogen-bond donors (Lipinski definition) is 1. The number of rotatable bonds is 26. The van der Waals surface area contributed by atoms with E-state index in [1.165, 1.54) is 127 Å². The lowest BCUT2D eigenvalue weighted by atomic mass is 9.97. The molecule has 1 aliphatic rings. The van der Waals surface area contributed by atoms with Crippen LogP contribution < -0.4 is 5.48 Å². The van der Waals surface area contributed by atoms with E-state index in [1.54, 1.807) is 0 Å². The lowest BCUT2D eigenvalue weighted by molar-refractivity contribution is -0.111. The predicted octanol–water partition coefficient (Wildman–Crippen LogP) is 10.0. The molecule has 0 aliphatic carbocycles. The third-order valence-electron chi connectivity index (χ3n) is 7.90. The highest BCUT2D eigenvalue weighted by atomic mass is 32.2. The van der Waals surface area contributed by atoms with Gasteiger partial charge in [-0.25, -0.2) is 5.48 Å². The Bertz CT molecular complexity index is 544. The first-order valence-electron chi connectivity index (χ1n) is 17.0. The van der Waals surface area contributed by atoms with Crippen molar-refractivity contribution < 1.29 is 18.2 Å². The molecule has 7 heteroatoms. The minimum absolute atomic E-state index is 0.326. The van der Waals surface area contributed by atoms with E-state index >= 15 is 0 Å². The van der Waals surface area contributed by atoms with Gasteiger partial charge in [-0.2, -0.15) is 0 Å². The summed E-state index contributed by atoms with van der Waals surface area (Å²) in [5.41, 5.74) is 3.24. The molecular weight excluding hydrogens is 523 g/mol. The Kier molecular flexibility index (Phi) is 25.6. The molecule has 1 fully saturated rings. The highest BCUT2D eigenvalue weighted by molar-refractivity contribution is 8.13. The Hall–Kier alpha value is 0.0769. The van der Waals surface area contributed by atoms with Crippen molar-refractivity contribution in [3.05, 3.63) is 0 Å². The highest BCUT2D eigenvalue weighted by Crippen LogP contribution is 2.24. The SMILES string of the molecule is CCCCCCCCCCCCCCCC1CCO[Si](CCCSC(=O)CCCCCCC)(OCC)ONC1. The molecule has 0 amide bonds. The second-order valence-corrected chi connectivity index (χ2v) is 15.4. The zero-order valence-electron chi connectivity index (χ0n) is 26.2. The maximum atomic E-state index is 12.2. The van der Waals surface area contributed by atoms with E-state index in [2.05, 4.69) is 19.3 Å². The number of nitrogens with one attached hydrogen (secondary N) is 1. The topological polar surface area (TPSA) is 56.8 Å². The van der Waals surface area contributed by atoms with Crippen molar-refractivity contribution in [2.45, 2.75) is 168 Å². The van der Waals surface area contributed by atoms with Crippen LogP contribution in [-0.2, 0) is 18.2 Å². The smallest absolute Gasteiger partial charge is 0.373 e. The van der Waals surface area contributed by atoms with Gasteiger partial charge >= 0.3 is 8.80 Å². The first-order chi connectivity index (χ1) is 19.2. The largest absolute Gasteiger partial charge is 0.517 e. The van der Waals surface area contributed by atoms with E-state index < -0.39 is 8.80 Å². The van der Waals surface area contributed by atoms with Crippen LogP contribution in [0.25, 0.3) is 0 Å². The molecule has 1 N–H and O–H groups in total. The lowest BCUT2D eigenvalue weighted by Gasteiger charge is -2.33. The van der Waals surface area contributed by atoms with Gasteiger partial charge in [0.2, 0.25) is 0 Å². The monoisotopic (exact) mass is 587 g/mol. The molecule has 39 heavy (non-hydrogen) atoms. The Labute approximate surface area is 248 Å². The van der Waals surface area contributed by atoms with E-state index in [9.17, 15) is 4.79 Å². The average molecular weight is 588 g/mol. The molecule has 0 aromatic carbocycles. The molecular formula is C32H65NO4SSi. The van der Waals surface area contributed by atoms with E-state index in [-0.39, 0.29) is 0 Å². The van der Waals surface area contributed by atoms with Crippen molar-refractivity contribution >= 4 is 25.7 Å². The molecule has 0 radical (unpaired) electrons. The summed E-state index contributed by atoms with van der Waals surface area (Å²) in [6.45, 7) is 8.72. The van der Waals surface area contributed by atoms with E-state index in [0.717, 1.165) is 44.2 Å². The lowest BCUT2D eigenvalue weighted by Crippen LogP contribution is -2.52. The molecule has 1 aliphatic heterocycles. The fourth-order valence-corrected chi connectivity index (χ4v) is 8.82. The molecule has 2 atom stereocenters. The third kappa shape index (κ3) is 21.4. The summed E-state index contributed by atoms with van der Waals surface area (Å²) in [6, 6.07) is 0.772. The van der Waals surface area contributed by atoms with Crippen LogP contribution in [-0.4, -0.2) is 39.4 Å². The van der Waals surface area contributed by atoms with Gasteiger partial charge in [0.15, 0.2) is 5.12 Å². The summed E-state index contributed by atoms with van der Waals surface area (Å²) in [7, 11) is -2.71. The summed E-state index contributed by atoms with van der Waals surface area (Å²) in [4.78, 5) is 12.2. The standard InChI is InChI=1S/C32H65NO4SSi/c1-4-7-9-11-12-13-14-15-16-17-18-20-21-24-31-26-27-36-39(35-6-3,37-33-30-31)29-23-28-38-32(34)25-22-19-10-8-5-2/h31,33H,4-30H2,1-3H3. The van der Waals surface area contributed by atoms with Gasteiger partial charge in [0.1, 0.15) is 0 Å². The summed E-state index contributed by atoms with van der Waals surface area (Å²) < 4.78 is 18.5. The summed E-state index contributed by atoms with van der Waals surface area (Å²) in [5, 5.41) is 0.326. The van der Waals surface area contributed by atoms with Crippen LogP contribution in [0.4, 0.5) is 0 Å². The molecule has 0 aromatic heterocycles. The van der Waals surface area contributed by atoms with Crippen LogP contribution >= 0.6 is 11.8 Å². The Balaban J connectivity index is 2.09. The van der Waals surface area contributed by atoms with E-state index in [0.29, 0.717) is 24.1 Å². The quantitative estimate of drug-likeness (QED) is 0.0802. The molecule has 1 saturated heterocycles. The van der Waals surface area contributed by atoms with Crippen LogP contribution in [0.2, 0.25) is 6.04 Å². The molecule has 1 rings (SSSR count). The van der Waals surface area contributed by atoms with Crippen LogP contribution in [0, 0.1) is 5.92 Å². The van der Waals surface area contributed by atoms with Crippen molar-refractivity contribution in [3.8, 4) is 0 Å². The number of carbonyl (C=O) groups excluding carboxylic acids is 1. The second-order valence-electron chi connectivity index (χ2n) is 11.6. The second kappa shape index (κ2) is 26.9. The number of hydrogen-bond acceptors (Lipinski definition) is 6. The molecule has 2 unspecified atom stereocenters. The molecule has 5 nitrogen and oxygen atoms in total. The van der Waals surface area contributed by atoms with Crippen molar-refractivity contribution in [1.82, 2.24) is 5.48 Å². The summed E-state index contributed by atoms with van der Waals surface area (Å²) >= 11 is 1.47. The van der Waals surface area contributed by atoms with Crippen molar-refractivity contribution in [2.24, 2.45) is 5.92 Å². The molecule has 232 valence electrons. The number of carbonyl (C=O) groups is 1. The average Bonchev–Trinajstić information content (AvgIpc) is 2.92. The van der Waals surface area contributed by atoms with Crippen LogP contribution in [0.3, 0.4) is 0 Å². The Morgan fingerprint density at radius 3 is 1.95 bits per heavy atom. The minimum Gasteiger partial charge on any atom is -0.373 e. The maximum Gasteiger partial charge on any atom is 0.517 e. The van der Waals surface area contributed by atoms with Crippen molar-refractivity contribution in [2.75, 3.05) is 25.5 Å².